The van der Waals surface area contributed by atoms with Gasteiger partial charge in [0.1, 0.15) is 6.61 Å². The Bertz CT molecular complexity index is 313. The van der Waals surface area contributed by atoms with Gasteiger partial charge < -0.3 is 10.1 Å². The van der Waals surface area contributed by atoms with Crippen LogP contribution in [0.15, 0.2) is 0 Å². The second kappa shape index (κ2) is 5.75. The number of nitrogens with zero attached hydrogens (tertiary/aromatic N) is 4. The first-order valence-corrected chi connectivity index (χ1v) is 4.55. The van der Waals surface area contributed by atoms with Crippen molar-refractivity contribution in [2.45, 2.75) is 12.7 Å². The molecular weight excluding hydrogens is 227 g/mol. The minimum absolute atomic E-state index is 0.0141. The maximum Gasteiger partial charge on any atom is 0.411 e. The number of hydrogen-bond donors (Lipinski definition) is 1. The standard InChI is InChI=1S/C7H12F3N5O/c1-15-13-6(12-14-15)4-11-2-3-16-5-7(8,9)10/h11H,2-5H2,1H3. The summed E-state index contributed by atoms with van der Waals surface area (Å²) >= 11 is 0. The van der Waals surface area contributed by atoms with Gasteiger partial charge in [-0.3, -0.25) is 0 Å². The van der Waals surface area contributed by atoms with Gasteiger partial charge in [-0.2, -0.15) is 18.0 Å². The zero-order valence-corrected chi connectivity index (χ0v) is 8.66. The quantitative estimate of drug-likeness (QED) is 0.701. The van der Waals surface area contributed by atoms with Crippen LogP contribution in [-0.2, 0) is 18.3 Å². The third-order valence-electron chi connectivity index (χ3n) is 1.52. The maximum atomic E-state index is 11.7. The van der Waals surface area contributed by atoms with E-state index in [9.17, 15) is 13.2 Å². The number of halogens is 3. The molecule has 0 fully saturated rings. The molecule has 1 heterocycles. The molecule has 0 unspecified atom stereocenters. The summed E-state index contributed by atoms with van der Waals surface area (Å²) in [6.45, 7) is -0.588. The van der Waals surface area contributed by atoms with Gasteiger partial charge in [0.05, 0.1) is 20.2 Å². The van der Waals surface area contributed by atoms with E-state index < -0.39 is 12.8 Å². The van der Waals surface area contributed by atoms with Gasteiger partial charge in [0, 0.05) is 6.54 Å². The molecule has 16 heavy (non-hydrogen) atoms. The second-order valence-electron chi connectivity index (χ2n) is 3.04. The summed E-state index contributed by atoms with van der Waals surface area (Å²) in [5.74, 6) is 0.485. The lowest BCUT2D eigenvalue weighted by Crippen LogP contribution is -2.24. The predicted octanol–water partition coefficient (Wildman–Crippen LogP) is -0.121. The molecule has 0 amide bonds. The predicted molar refractivity (Wildman–Crippen MR) is 47.4 cm³/mol. The number of aryl methyl sites for hydroxylation is 1. The minimum Gasteiger partial charge on any atom is -0.371 e. The van der Waals surface area contributed by atoms with Crippen LogP contribution in [0.1, 0.15) is 5.82 Å². The monoisotopic (exact) mass is 239 g/mol. The Balaban J connectivity index is 2.00. The Hall–Kier alpha value is -1.22. The Morgan fingerprint density at radius 1 is 1.44 bits per heavy atom. The van der Waals surface area contributed by atoms with E-state index in [1.165, 1.54) is 4.80 Å². The van der Waals surface area contributed by atoms with Gasteiger partial charge in [-0.15, -0.1) is 10.2 Å². The molecule has 1 rings (SSSR count). The summed E-state index contributed by atoms with van der Waals surface area (Å²) in [5.41, 5.74) is 0. The van der Waals surface area contributed by atoms with Gasteiger partial charge in [-0.05, 0) is 5.21 Å². The van der Waals surface area contributed by atoms with Crippen LogP contribution >= 0.6 is 0 Å². The average Bonchev–Trinajstić information content (AvgIpc) is 2.56. The van der Waals surface area contributed by atoms with Gasteiger partial charge in [0.25, 0.3) is 0 Å². The topological polar surface area (TPSA) is 64.9 Å². The molecule has 1 aromatic heterocycles. The summed E-state index contributed by atoms with van der Waals surface area (Å²) in [6.07, 6.45) is -4.27. The van der Waals surface area contributed by atoms with Crippen LogP contribution in [0.4, 0.5) is 13.2 Å². The van der Waals surface area contributed by atoms with Crippen molar-refractivity contribution in [1.82, 2.24) is 25.5 Å². The molecule has 0 atom stereocenters. The van der Waals surface area contributed by atoms with Gasteiger partial charge in [-0.1, -0.05) is 0 Å². The van der Waals surface area contributed by atoms with E-state index in [0.717, 1.165) is 0 Å². The Morgan fingerprint density at radius 2 is 2.19 bits per heavy atom. The molecule has 1 aromatic rings. The van der Waals surface area contributed by atoms with Gasteiger partial charge >= 0.3 is 6.18 Å². The van der Waals surface area contributed by atoms with Crippen molar-refractivity contribution in [2.24, 2.45) is 7.05 Å². The summed E-state index contributed by atoms with van der Waals surface area (Å²) < 4.78 is 39.4. The highest BCUT2D eigenvalue weighted by molar-refractivity contribution is 4.74. The SMILES string of the molecule is Cn1nnc(CNCCOCC(F)(F)F)n1. The summed E-state index contributed by atoms with van der Waals surface area (Å²) in [6, 6.07) is 0. The van der Waals surface area contributed by atoms with E-state index >= 15 is 0 Å². The molecule has 0 spiro atoms. The third-order valence-corrected chi connectivity index (χ3v) is 1.52. The molecule has 6 nitrogen and oxygen atoms in total. The lowest BCUT2D eigenvalue weighted by atomic mass is 10.5. The number of aromatic nitrogens is 4. The van der Waals surface area contributed by atoms with Crippen molar-refractivity contribution in [3.63, 3.8) is 0 Å². The number of tetrazole rings is 1. The maximum absolute atomic E-state index is 11.7. The molecular formula is C7H12F3N5O. The lowest BCUT2D eigenvalue weighted by Gasteiger charge is -2.07. The molecule has 9 heteroatoms. The molecule has 0 radical (unpaired) electrons. The first kappa shape index (κ1) is 12.8. The normalized spacial score (nSPS) is 12.0. The number of rotatable bonds is 6. The Morgan fingerprint density at radius 3 is 2.75 bits per heavy atom. The van der Waals surface area contributed by atoms with E-state index in [0.29, 0.717) is 18.9 Å². The van der Waals surface area contributed by atoms with Crippen molar-refractivity contribution in [3.05, 3.63) is 5.82 Å². The van der Waals surface area contributed by atoms with Crippen LogP contribution in [0.25, 0.3) is 0 Å². The molecule has 0 saturated heterocycles. The van der Waals surface area contributed by atoms with Crippen molar-refractivity contribution >= 4 is 0 Å². The third kappa shape index (κ3) is 5.61. The number of nitrogens with one attached hydrogen (secondary N) is 1. The summed E-state index contributed by atoms with van der Waals surface area (Å²) in [4.78, 5) is 1.30. The highest BCUT2D eigenvalue weighted by Crippen LogP contribution is 2.13. The Labute approximate surface area is 89.8 Å². The molecule has 0 aliphatic rings. The van der Waals surface area contributed by atoms with E-state index in [1.807, 2.05) is 0 Å². The molecule has 0 saturated carbocycles. The van der Waals surface area contributed by atoms with E-state index in [2.05, 4.69) is 25.5 Å². The fourth-order valence-electron chi connectivity index (χ4n) is 0.927. The number of hydrogen-bond acceptors (Lipinski definition) is 5. The fraction of sp³-hybridized carbons (Fsp3) is 0.857. The first-order chi connectivity index (χ1) is 7.47. The van der Waals surface area contributed by atoms with Gasteiger partial charge in [-0.25, -0.2) is 0 Å². The second-order valence-corrected chi connectivity index (χ2v) is 3.04. The lowest BCUT2D eigenvalue weighted by molar-refractivity contribution is -0.173. The van der Waals surface area contributed by atoms with E-state index in [1.54, 1.807) is 7.05 Å². The van der Waals surface area contributed by atoms with Crippen molar-refractivity contribution in [3.8, 4) is 0 Å². The summed E-state index contributed by atoms with van der Waals surface area (Å²) in [7, 11) is 1.63. The summed E-state index contributed by atoms with van der Waals surface area (Å²) in [5, 5.41) is 14.0. The molecule has 92 valence electrons. The van der Waals surface area contributed by atoms with Crippen molar-refractivity contribution in [2.75, 3.05) is 19.8 Å². The van der Waals surface area contributed by atoms with Crippen LogP contribution in [0.3, 0.4) is 0 Å². The fourth-order valence-corrected chi connectivity index (χ4v) is 0.927. The van der Waals surface area contributed by atoms with Crippen LogP contribution < -0.4 is 5.32 Å². The van der Waals surface area contributed by atoms with Crippen molar-refractivity contribution < 1.29 is 17.9 Å². The molecule has 0 aromatic carbocycles. The van der Waals surface area contributed by atoms with Crippen LogP contribution in [0.2, 0.25) is 0 Å². The largest absolute Gasteiger partial charge is 0.411 e. The van der Waals surface area contributed by atoms with Gasteiger partial charge in [0.15, 0.2) is 5.82 Å². The first-order valence-electron chi connectivity index (χ1n) is 4.55. The zero-order valence-electron chi connectivity index (χ0n) is 8.66. The van der Waals surface area contributed by atoms with Crippen LogP contribution in [0.5, 0.6) is 0 Å². The Kier molecular flexibility index (Phi) is 4.62. The van der Waals surface area contributed by atoms with Gasteiger partial charge in [0.2, 0.25) is 0 Å². The molecule has 0 aliphatic heterocycles. The highest BCUT2D eigenvalue weighted by atomic mass is 19.4. The van der Waals surface area contributed by atoms with Crippen LogP contribution in [0, 0.1) is 0 Å². The molecule has 0 aliphatic carbocycles. The average molecular weight is 239 g/mol. The zero-order chi connectivity index (χ0) is 12.0. The molecule has 1 N–H and O–H groups in total. The van der Waals surface area contributed by atoms with Crippen molar-refractivity contribution in [1.29, 1.82) is 0 Å². The molecule has 0 bridgehead atoms. The number of alkyl halides is 3. The smallest absolute Gasteiger partial charge is 0.371 e. The van der Waals surface area contributed by atoms with E-state index in [-0.39, 0.29) is 6.61 Å². The highest BCUT2D eigenvalue weighted by Gasteiger charge is 2.27. The van der Waals surface area contributed by atoms with E-state index in [4.69, 9.17) is 0 Å². The minimum atomic E-state index is -4.27. The number of ether oxygens (including phenoxy) is 1. The van der Waals surface area contributed by atoms with Crippen LogP contribution in [-0.4, -0.2) is 46.1 Å².